The summed E-state index contributed by atoms with van der Waals surface area (Å²) < 4.78 is 32.4. The molecule has 1 heterocycles. The lowest BCUT2D eigenvalue weighted by atomic mass is 10.0. The Morgan fingerprint density at radius 3 is 2.53 bits per heavy atom. The zero-order valence-electron chi connectivity index (χ0n) is 9.88. The minimum Gasteiger partial charge on any atom is -0.497 e. The number of hydrogen-bond acceptors (Lipinski definition) is 3. The lowest BCUT2D eigenvalue weighted by Crippen LogP contribution is -2.46. The van der Waals surface area contributed by atoms with E-state index in [0.29, 0.717) is 6.54 Å². The fraction of sp³-hybridized carbons (Fsp3) is 0.455. The first-order valence-electron chi connectivity index (χ1n) is 5.40. The van der Waals surface area contributed by atoms with Gasteiger partial charge in [0.1, 0.15) is 5.75 Å². The average Bonchev–Trinajstić information content (AvgIpc) is 2.33. The summed E-state index contributed by atoms with van der Waals surface area (Å²) in [5, 5.41) is 0. The van der Waals surface area contributed by atoms with Gasteiger partial charge in [0, 0.05) is 19.6 Å². The summed E-state index contributed by atoms with van der Waals surface area (Å²) >= 11 is 0. The SMILES string of the molecule is COc1ccc([C@H]2CCN(C)S(=O)(=O)N2)cc1. The van der Waals surface area contributed by atoms with Gasteiger partial charge in [-0.3, -0.25) is 0 Å². The molecule has 1 aromatic carbocycles. The Morgan fingerprint density at radius 2 is 2.00 bits per heavy atom. The van der Waals surface area contributed by atoms with E-state index in [1.165, 1.54) is 4.31 Å². The third-order valence-electron chi connectivity index (χ3n) is 2.95. The second kappa shape index (κ2) is 4.64. The molecule has 1 aliphatic heterocycles. The van der Waals surface area contributed by atoms with Gasteiger partial charge in [0.05, 0.1) is 7.11 Å². The van der Waals surface area contributed by atoms with Crippen molar-refractivity contribution in [1.29, 1.82) is 0 Å². The van der Waals surface area contributed by atoms with E-state index in [0.717, 1.165) is 17.7 Å². The number of benzene rings is 1. The predicted molar refractivity (Wildman–Crippen MR) is 65.0 cm³/mol. The van der Waals surface area contributed by atoms with Crippen LogP contribution in [-0.4, -0.2) is 33.4 Å². The van der Waals surface area contributed by atoms with Gasteiger partial charge in [-0.1, -0.05) is 12.1 Å². The second-order valence-electron chi connectivity index (χ2n) is 4.06. The first-order chi connectivity index (χ1) is 8.03. The molecule has 0 aromatic heterocycles. The normalized spacial score (nSPS) is 24.5. The van der Waals surface area contributed by atoms with E-state index >= 15 is 0 Å². The van der Waals surface area contributed by atoms with Crippen LogP contribution in [0.4, 0.5) is 0 Å². The molecule has 17 heavy (non-hydrogen) atoms. The zero-order valence-corrected chi connectivity index (χ0v) is 10.7. The maximum absolute atomic E-state index is 11.7. The number of ether oxygens (including phenoxy) is 1. The van der Waals surface area contributed by atoms with Crippen molar-refractivity contribution in [2.24, 2.45) is 0 Å². The molecule has 1 saturated heterocycles. The van der Waals surface area contributed by atoms with E-state index in [1.807, 2.05) is 24.3 Å². The van der Waals surface area contributed by atoms with E-state index in [9.17, 15) is 8.42 Å². The van der Waals surface area contributed by atoms with E-state index in [1.54, 1.807) is 14.2 Å². The van der Waals surface area contributed by atoms with Crippen molar-refractivity contribution < 1.29 is 13.2 Å². The topological polar surface area (TPSA) is 58.6 Å². The monoisotopic (exact) mass is 256 g/mol. The molecule has 0 amide bonds. The summed E-state index contributed by atoms with van der Waals surface area (Å²) in [6.45, 7) is 0.534. The summed E-state index contributed by atoms with van der Waals surface area (Å²) in [4.78, 5) is 0. The number of nitrogens with zero attached hydrogens (tertiary/aromatic N) is 1. The van der Waals surface area contributed by atoms with Crippen molar-refractivity contribution in [1.82, 2.24) is 9.03 Å². The van der Waals surface area contributed by atoms with Crippen molar-refractivity contribution in [2.75, 3.05) is 20.7 Å². The molecular weight excluding hydrogens is 240 g/mol. The molecule has 2 rings (SSSR count). The Balaban J connectivity index is 2.18. The van der Waals surface area contributed by atoms with Gasteiger partial charge >= 0.3 is 0 Å². The maximum atomic E-state index is 11.7. The Labute approximate surface area is 102 Å². The highest BCUT2D eigenvalue weighted by Gasteiger charge is 2.29. The fourth-order valence-electron chi connectivity index (χ4n) is 1.83. The molecule has 94 valence electrons. The van der Waals surface area contributed by atoms with Gasteiger partial charge in [-0.25, -0.2) is 0 Å². The van der Waals surface area contributed by atoms with Crippen molar-refractivity contribution in [3.05, 3.63) is 29.8 Å². The van der Waals surface area contributed by atoms with Gasteiger partial charge in [0.15, 0.2) is 0 Å². The van der Waals surface area contributed by atoms with Crippen LogP contribution in [0.15, 0.2) is 24.3 Å². The molecule has 0 radical (unpaired) electrons. The number of hydrogen-bond donors (Lipinski definition) is 1. The molecule has 0 aliphatic carbocycles. The van der Waals surface area contributed by atoms with Gasteiger partial charge in [0.2, 0.25) is 0 Å². The van der Waals surface area contributed by atoms with Gasteiger partial charge in [-0.15, -0.1) is 0 Å². The van der Waals surface area contributed by atoms with Crippen LogP contribution in [0.5, 0.6) is 5.75 Å². The molecule has 0 bridgehead atoms. The molecular formula is C11H16N2O3S. The molecule has 0 saturated carbocycles. The highest BCUT2D eigenvalue weighted by atomic mass is 32.2. The quantitative estimate of drug-likeness (QED) is 0.855. The van der Waals surface area contributed by atoms with E-state index < -0.39 is 10.2 Å². The highest BCUT2D eigenvalue weighted by Crippen LogP contribution is 2.24. The van der Waals surface area contributed by atoms with Gasteiger partial charge in [-0.2, -0.15) is 17.4 Å². The van der Waals surface area contributed by atoms with Crippen LogP contribution in [0.1, 0.15) is 18.0 Å². The first-order valence-corrected chi connectivity index (χ1v) is 6.84. The minimum absolute atomic E-state index is 0.151. The van der Waals surface area contributed by atoms with Crippen LogP contribution < -0.4 is 9.46 Å². The molecule has 1 aliphatic rings. The summed E-state index contributed by atoms with van der Waals surface area (Å²) in [6, 6.07) is 7.29. The highest BCUT2D eigenvalue weighted by molar-refractivity contribution is 7.87. The second-order valence-corrected chi connectivity index (χ2v) is 5.87. The van der Waals surface area contributed by atoms with Crippen LogP contribution in [-0.2, 0) is 10.2 Å². The summed E-state index contributed by atoms with van der Waals surface area (Å²) in [6.07, 6.45) is 0.766. The fourth-order valence-corrected chi connectivity index (χ4v) is 2.97. The third kappa shape index (κ3) is 2.59. The van der Waals surface area contributed by atoms with Gasteiger partial charge in [-0.05, 0) is 24.1 Å². The zero-order chi connectivity index (χ0) is 12.5. The molecule has 0 unspecified atom stereocenters. The van der Waals surface area contributed by atoms with Crippen molar-refractivity contribution >= 4 is 10.2 Å². The minimum atomic E-state index is -3.32. The largest absolute Gasteiger partial charge is 0.497 e. The Morgan fingerprint density at radius 1 is 1.35 bits per heavy atom. The molecule has 1 aromatic rings. The first kappa shape index (κ1) is 12.3. The summed E-state index contributed by atoms with van der Waals surface area (Å²) in [7, 11) is -0.142. The molecule has 1 atom stereocenters. The van der Waals surface area contributed by atoms with Crippen LogP contribution in [0.3, 0.4) is 0 Å². The van der Waals surface area contributed by atoms with E-state index in [4.69, 9.17) is 4.74 Å². The van der Waals surface area contributed by atoms with Crippen molar-refractivity contribution in [3.8, 4) is 5.75 Å². The number of methoxy groups -OCH3 is 1. The Kier molecular flexibility index (Phi) is 3.37. The number of rotatable bonds is 2. The van der Waals surface area contributed by atoms with Gasteiger partial charge < -0.3 is 4.74 Å². The van der Waals surface area contributed by atoms with Crippen LogP contribution >= 0.6 is 0 Å². The van der Waals surface area contributed by atoms with Crippen LogP contribution in [0.25, 0.3) is 0 Å². The van der Waals surface area contributed by atoms with E-state index in [-0.39, 0.29) is 6.04 Å². The molecule has 6 heteroatoms. The molecule has 1 fully saturated rings. The van der Waals surface area contributed by atoms with E-state index in [2.05, 4.69) is 4.72 Å². The van der Waals surface area contributed by atoms with Crippen LogP contribution in [0.2, 0.25) is 0 Å². The van der Waals surface area contributed by atoms with Crippen molar-refractivity contribution in [2.45, 2.75) is 12.5 Å². The van der Waals surface area contributed by atoms with Crippen LogP contribution in [0, 0.1) is 0 Å². The Hall–Kier alpha value is -1.11. The number of nitrogens with one attached hydrogen (secondary N) is 1. The maximum Gasteiger partial charge on any atom is 0.279 e. The smallest absolute Gasteiger partial charge is 0.279 e. The lowest BCUT2D eigenvalue weighted by molar-refractivity contribution is 0.381. The average molecular weight is 256 g/mol. The summed E-state index contributed by atoms with van der Waals surface area (Å²) in [5.74, 6) is 0.768. The molecule has 5 nitrogen and oxygen atoms in total. The summed E-state index contributed by atoms with van der Waals surface area (Å²) in [5.41, 5.74) is 0.961. The molecule has 1 N–H and O–H groups in total. The molecule has 0 spiro atoms. The van der Waals surface area contributed by atoms with Crippen molar-refractivity contribution in [3.63, 3.8) is 0 Å². The predicted octanol–water partition coefficient (Wildman–Crippen LogP) is 0.906. The van der Waals surface area contributed by atoms with Gasteiger partial charge in [0.25, 0.3) is 10.2 Å². The lowest BCUT2D eigenvalue weighted by Gasteiger charge is -2.30. The Bertz CT molecular complexity index is 484. The standard InChI is InChI=1S/C11H16N2O3S/c1-13-8-7-11(12-17(13,14)15)9-3-5-10(16-2)6-4-9/h3-6,11-12H,7-8H2,1-2H3/t11-/m1/s1. The third-order valence-corrected chi connectivity index (χ3v) is 4.54.